The fourth-order valence-electron chi connectivity index (χ4n) is 2.70. The standard InChI is InChI=1S/C12H22N4S/c1-9-6-4-5-7-10(9)16(3)8-11-14-15-12(13-2)17-11/h9-10H,4-8H2,1-3H3,(H,13,15). The summed E-state index contributed by atoms with van der Waals surface area (Å²) in [4.78, 5) is 2.45. The highest BCUT2D eigenvalue weighted by molar-refractivity contribution is 7.15. The molecule has 4 nitrogen and oxygen atoms in total. The van der Waals surface area contributed by atoms with Crippen LogP contribution < -0.4 is 5.32 Å². The molecule has 1 aromatic heterocycles. The van der Waals surface area contributed by atoms with Crippen LogP contribution in [-0.2, 0) is 6.54 Å². The van der Waals surface area contributed by atoms with E-state index in [9.17, 15) is 0 Å². The van der Waals surface area contributed by atoms with Gasteiger partial charge in [-0.1, -0.05) is 31.1 Å². The molecule has 1 heterocycles. The smallest absolute Gasteiger partial charge is 0.205 e. The Balaban J connectivity index is 1.93. The Morgan fingerprint density at radius 1 is 1.35 bits per heavy atom. The van der Waals surface area contributed by atoms with Crippen molar-refractivity contribution in [3.8, 4) is 0 Å². The Morgan fingerprint density at radius 3 is 2.76 bits per heavy atom. The number of hydrogen-bond acceptors (Lipinski definition) is 5. The van der Waals surface area contributed by atoms with Crippen molar-refractivity contribution in [3.63, 3.8) is 0 Å². The maximum atomic E-state index is 4.21. The Bertz CT molecular complexity index is 352. The van der Waals surface area contributed by atoms with Crippen LogP contribution in [-0.4, -0.2) is 35.2 Å². The molecule has 2 atom stereocenters. The van der Waals surface area contributed by atoms with E-state index >= 15 is 0 Å². The SMILES string of the molecule is CNc1nnc(CN(C)C2CCCCC2C)s1. The summed E-state index contributed by atoms with van der Waals surface area (Å²) in [6.45, 7) is 3.30. The summed E-state index contributed by atoms with van der Waals surface area (Å²) < 4.78 is 0. The van der Waals surface area contributed by atoms with Gasteiger partial charge in [0.25, 0.3) is 0 Å². The van der Waals surface area contributed by atoms with E-state index in [-0.39, 0.29) is 0 Å². The van der Waals surface area contributed by atoms with Gasteiger partial charge >= 0.3 is 0 Å². The van der Waals surface area contributed by atoms with Gasteiger partial charge in [0.15, 0.2) is 0 Å². The predicted molar refractivity (Wildman–Crippen MR) is 72.3 cm³/mol. The summed E-state index contributed by atoms with van der Waals surface area (Å²) in [5.41, 5.74) is 0. The number of rotatable bonds is 4. The largest absolute Gasteiger partial charge is 0.363 e. The Hall–Kier alpha value is -0.680. The van der Waals surface area contributed by atoms with E-state index in [4.69, 9.17) is 0 Å². The van der Waals surface area contributed by atoms with Gasteiger partial charge in [-0.05, 0) is 25.8 Å². The minimum absolute atomic E-state index is 0.714. The number of anilines is 1. The first-order valence-electron chi connectivity index (χ1n) is 6.41. The first-order chi connectivity index (χ1) is 8.20. The first-order valence-corrected chi connectivity index (χ1v) is 7.22. The van der Waals surface area contributed by atoms with Crippen LogP contribution in [0.4, 0.5) is 5.13 Å². The number of aromatic nitrogens is 2. The fraction of sp³-hybridized carbons (Fsp3) is 0.833. The summed E-state index contributed by atoms with van der Waals surface area (Å²) in [5, 5.41) is 13.3. The van der Waals surface area contributed by atoms with E-state index in [1.165, 1.54) is 25.7 Å². The van der Waals surface area contributed by atoms with Crippen LogP contribution in [0.1, 0.15) is 37.6 Å². The molecule has 1 saturated carbocycles. The normalized spacial score (nSPS) is 25.2. The third kappa shape index (κ3) is 3.16. The van der Waals surface area contributed by atoms with Gasteiger partial charge in [-0.2, -0.15) is 0 Å². The lowest BCUT2D eigenvalue weighted by Crippen LogP contribution is -2.38. The molecular formula is C12H22N4S. The van der Waals surface area contributed by atoms with Gasteiger partial charge in [-0.25, -0.2) is 0 Å². The minimum atomic E-state index is 0.714. The summed E-state index contributed by atoms with van der Waals surface area (Å²) in [5.74, 6) is 0.811. The lowest BCUT2D eigenvalue weighted by Gasteiger charge is -2.35. The second kappa shape index (κ2) is 5.78. The van der Waals surface area contributed by atoms with Crippen molar-refractivity contribution in [2.45, 2.75) is 45.2 Å². The predicted octanol–water partition coefficient (Wildman–Crippen LogP) is 2.59. The quantitative estimate of drug-likeness (QED) is 0.896. The zero-order chi connectivity index (χ0) is 12.3. The van der Waals surface area contributed by atoms with E-state index in [1.807, 2.05) is 7.05 Å². The first kappa shape index (κ1) is 12.8. The van der Waals surface area contributed by atoms with E-state index < -0.39 is 0 Å². The zero-order valence-electron chi connectivity index (χ0n) is 10.9. The maximum absolute atomic E-state index is 4.21. The molecule has 1 N–H and O–H groups in total. The van der Waals surface area contributed by atoms with Crippen LogP contribution in [0.25, 0.3) is 0 Å². The number of nitrogens with zero attached hydrogens (tertiary/aromatic N) is 3. The van der Waals surface area contributed by atoms with Crippen LogP contribution >= 0.6 is 11.3 Å². The van der Waals surface area contributed by atoms with E-state index in [2.05, 4.69) is 34.4 Å². The molecule has 17 heavy (non-hydrogen) atoms. The Morgan fingerprint density at radius 2 is 2.12 bits per heavy atom. The van der Waals surface area contributed by atoms with Crippen molar-refractivity contribution in [1.29, 1.82) is 0 Å². The van der Waals surface area contributed by atoms with Crippen molar-refractivity contribution in [3.05, 3.63) is 5.01 Å². The summed E-state index contributed by atoms with van der Waals surface area (Å²) in [6.07, 6.45) is 5.47. The molecular weight excluding hydrogens is 232 g/mol. The van der Waals surface area contributed by atoms with E-state index in [0.29, 0.717) is 6.04 Å². The van der Waals surface area contributed by atoms with Crippen molar-refractivity contribution in [2.24, 2.45) is 5.92 Å². The van der Waals surface area contributed by atoms with Crippen molar-refractivity contribution >= 4 is 16.5 Å². The molecule has 0 saturated heterocycles. The summed E-state index contributed by atoms with van der Waals surface area (Å²) in [6, 6.07) is 0.714. The van der Waals surface area contributed by atoms with Gasteiger partial charge < -0.3 is 5.32 Å². The third-order valence-corrected chi connectivity index (χ3v) is 4.62. The highest BCUT2D eigenvalue weighted by Gasteiger charge is 2.25. The van der Waals surface area contributed by atoms with Crippen LogP contribution in [0, 0.1) is 5.92 Å². The molecule has 0 radical (unpaired) electrons. The molecule has 5 heteroatoms. The van der Waals surface area contributed by atoms with Gasteiger partial charge in [-0.15, -0.1) is 10.2 Å². The molecule has 0 aromatic carbocycles. The molecule has 96 valence electrons. The van der Waals surface area contributed by atoms with Crippen LogP contribution in [0.3, 0.4) is 0 Å². The summed E-state index contributed by atoms with van der Waals surface area (Å²) in [7, 11) is 4.10. The molecule has 1 aromatic rings. The summed E-state index contributed by atoms with van der Waals surface area (Å²) >= 11 is 1.65. The molecule has 1 aliphatic carbocycles. The van der Waals surface area contributed by atoms with Crippen LogP contribution in [0.15, 0.2) is 0 Å². The monoisotopic (exact) mass is 254 g/mol. The van der Waals surface area contributed by atoms with E-state index in [0.717, 1.165) is 22.6 Å². The minimum Gasteiger partial charge on any atom is -0.363 e. The topological polar surface area (TPSA) is 41.1 Å². The van der Waals surface area contributed by atoms with Gasteiger partial charge in [0.05, 0.1) is 6.54 Å². The van der Waals surface area contributed by atoms with Gasteiger partial charge in [0, 0.05) is 13.1 Å². The number of hydrogen-bond donors (Lipinski definition) is 1. The van der Waals surface area contributed by atoms with Crippen LogP contribution in [0.5, 0.6) is 0 Å². The Labute approximate surface area is 107 Å². The molecule has 0 amide bonds. The molecule has 0 spiro atoms. The second-order valence-electron chi connectivity index (χ2n) is 5.00. The van der Waals surface area contributed by atoms with Gasteiger partial charge in [-0.3, -0.25) is 4.90 Å². The van der Waals surface area contributed by atoms with Crippen molar-refractivity contribution in [1.82, 2.24) is 15.1 Å². The average Bonchev–Trinajstić information content (AvgIpc) is 2.77. The third-order valence-electron chi connectivity index (χ3n) is 3.70. The fourth-order valence-corrected chi connectivity index (χ4v) is 3.46. The van der Waals surface area contributed by atoms with Crippen molar-refractivity contribution in [2.75, 3.05) is 19.4 Å². The van der Waals surface area contributed by atoms with Gasteiger partial charge in [0.2, 0.25) is 5.13 Å². The molecule has 2 unspecified atom stereocenters. The molecule has 0 aliphatic heterocycles. The molecule has 1 fully saturated rings. The van der Waals surface area contributed by atoms with Gasteiger partial charge in [0.1, 0.15) is 5.01 Å². The highest BCUT2D eigenvalue weighted by atomic mass is 32.1. The van der Waals surface area contributed by atoms with E-state index in [1.54, 1.807) is 11.3 Å². The van der Waals surface area contributed by atoms with Crippen LogP contribution in [0.2, 0.25) is 0 Å². The number of nitrogens with one attached hydrogen (secondary N) is 1. The lowest BCUT2D eigenvalue weighted by molar-refractivity contribution is 0.133. The molecule has 2 rings (SSSR count). The molecule has 1 aliphatic rings. The molecule has 0 bridgehead atoms. The maximum Gasteiger partial charge on any atom is 0.205 e. The highest BCUT2D eigenvalue weighted by Crippen LogP contribution is 2.28. The Kier molecular flexibility index (Phi) is 4.34. The second-order valence-corrected chi connectivity index (χ2v) is 6.06. The lowest BCUT2D eigenvalue weighted by atomic mass is 9.85. The average molecular weight is 254 g/mol. The zero-order valence-corrected chi connectivity index (χ0v) is 11.8. The van der Waals surface area contributed by atoms with Crippen molar-refractivity contribution < 1.29 is 0 Å².